The topological polar surface area (TPSA) is 114 Å². The van der Waals surface area contributed by atoms with Crippen molar-refractivity contribution in [1.29, 1.82) is 0 Å². The standard InChI is InChI=1S/C18H32N4O4S/c1-11(2)13(20-16(25)26-17(3,4)5)15(24)22-8-6-7-18(10-22)21-12(9-27-18)14(19)23/h11-13,21H,6-10H2,1-5H3,(H2,19,23)(H,20,25)/t12-,13-,18?/m0/s1. The molecule has 1 spiro atoms. The fourth-order valence-electron chi connectivity index (χ4n) is 3.39. The SMILES string of the molecule is CC(C)[C@H](NC(=O)OC(C)(C)C)C(=O)N1CCCC2(C1)N[C@H](C(N)=O)CS2. The smallest absolute Gasteiger partial charge is 0.408 e. The summed E-state index contributed by atoms with van der Waals surface area (Å²) in [6, 6.07) is -1.03. The summed E-state index contributed by atoms with van der Waals surface area (Å²) in [7, 11) is 0. The summed E-state index contributed by atoms with van der Waals surface area (Å²) in [5.41, 5.74) is 4.79. The quantitative estimate of drug-likeness (QED) is 0.650. The second-order valence-corrected chi connectivity index (χ2v) is 10.0. The first-order chi connectivity index (χ1) is 12.4. The monoisotopic (exact) mass is 400 g/mol. The van der Waals surface area contributed by atoms with E-state index in [1.165, 1.54) is 0 Å². The first-order valence-corrected chi connectivity index (χ1v) is 10.4. The van der Waals surface area contributed by atoms with E-state index >= 15 is 0 Å². The normalized spacial score (nSPS) is 26.9. The predicted molar refractivity (Wildman–Crippen MR) is 105 cm³/mol. The van der Waals surface area contributed by atoms with Crippen molar-refractivity contribution in [2.75, 3.05) is 18.8 Å². The van der Waals surface area contributed by atoms with Crippen LogP contribution in [0.4, 0.5) is 4.79 Å². The number of primary amides is 1. The number of thioether (sulfide) groups is 1. The number of nitrogens with one attached hydrogen (secondary N) is 2. The number of carbonyl (C=O) groups is 3. The minimum Gasteiger partial charge on any atom is -0.444 e. The van der Waals surface area contributed by atoms with Gasteiger partial charge in [0.25, 0.3) is 0 Å². The number of hydrogen-bond acceptors (Lipinski definition) is 6. The zero-order chi connectivity index (χ0) is 20.4. The molecule has 2 aliphatic rings. The maximum absolute atomic E-state index is 13.1. The van der Waals surface area contributed by atoms with Gasteiger partial charge >= 0.3 is 6.09 Å². The molecule has 3 amide bonds. The number of alkyl carbamates (subject to hydrolysis) is 1. The molecule has 0 aromatic heterocycles. The highest BCUT2D eigenvalue weighted by Gasteiger charge is 2.46. The minimum atomic E-state index is -0.659. The Bertz CT molecular complexity index is 592. The Morgan fingerprint density at radius 2 is 2.00 bits per heavy atom. The summed E-state index contributed by atoms with van der Waals surface area (Å²) in [4.78, 5) is 38.2. The molecule has 1 unspecified atom stereocenters. The molecule has 3 atom stereocenters. The number of rotatable bonds is 4. The number of hydrogen-bond donors (Lipinski definition) is 3. The van der Waals surface area contributed by atoms with Crippen LogP contribution in [0.3, 0.4) is 0 Å². The molecule has 8 nitrogen and oxygen atoms in total. The number of piperidine rings is 1. The second-order valence-electron chi connectivity index (χ2n) is 8.64. The number of nitrogens with two attached hydrogens (primary N) is 1. The molecule has 2 fully saturated rings. The van der Waals surface area contributed by atoms with Crippen molar-refractivity contribution in [3.63, 3.8) is 0 Å². The Labute approximate surface area is 165 Å². The van der Waals surface area contributed by atoms with Crippen LogP contribution in [0.2, 0.25) is 0 Å². The van der Waals surface area contributed by atoms with E-state index in [4.69, 9.17) is 10.5 Å². The summed E-state index contributed by atoms with van der Waals surface area (Å²) < 4.78 is 5.30. The van der Waals surface area contributed by atoms with Crippen LogP contribution in [0.1, 0.15) is 47.5 Å². The maximum Gasteiger partial charge on any atom is 0.408 e. The van der Waals surface area contributed by atoms with Gasteiger partial charge < -0.3 is 20.7 Å². The molecule has 0 bridgehead atoms. The molecule has 0 radical (unpaired) electrons. The lowest BCUT2D eigenvalue weighted by atomic mass is 9.99. The third-order valence-corrected chi connectivity index (χ3v) is 6.18. The van der Waals surface area contributed by atoms with Crippen LogP contribution in [0.15, 0.2) is 0 Å². The largest absolute Gasteiger partial charge is 0.444 e. The van der Waals surface area contributed by atoms with Gasteiger partial charge in [-0.3, -0.25) is 14.9 Å². The van der Waals surface area contributed by atoms with Crippen LogP contribution >= 0.6 is 11.8 Å². The molecule has 9 heteroatoms. The molecule has 0 aliphatic carbocycles. The Morgan fingerprint density at radius 3 is 2.52 bits per heavy atom. The lowest BCUT2D eigenvalue weighted by molar-refractivity contribution is -0.136. The zero-order valence-corrected chi connectivity index (χ0v) is 17.6. The number of amides is 3. The lowest BCUT2D eigenvalue weighted by Crippen LogP contribution is -2.60. The minimum absolute atomic E-state index is 0.0783. The van der Waals surface area contributed by atoms with E-state index in [1.54, 1.807) is 37.4 Å². The zero-order valence-electron chi connectivity index (χ0n) is 16.8. The van der Waals surface area contributed by atoms with Gasteiger partial charge in [0.2, 0.25) is 11.8 Å². The maximum atomic E-state index is 13.1. The van der Waals surface area contributed by atoms with Crippen molar-refractivity contribution in [2.45, 2.75) is 70.0 Å². The molecule has 2 saturated heterocycles. The molecule has 2 rings (SSSR count). The molecular formula is C18H32N4O4S. The highest BCUT2D eigenvalue weighted by atomic mass is 32.2. The Hall–Kier alpha value is -1.48. The molecule has 27 heavy (non-hydrogen) atoms. The van der Waals surface area contributed by atoms with Gasteiger partial charge in [0.05, 0.1) is 10.9 Å². The van der Waals surface area contributed by atoms with Crippen molar-refractivity contribution in [1.82, 2.24) is 15.5 Å². The van der Waals surface area contributed by atoms with E-state index in [0.29, 0.717) is 18.8 Å². The molecular weight excluding hydrogens is 368 g/mol. The van der Waals surface area contributed by atoms with E-state index in [-0.39, 0.29) is 28.6 Å². The van der Waals surface area contributed by atoms with Crippen molar-refractivity contribution in [2.24, 2.45) is 11.7 Å². The Kier molecular flexibility index (Phi) is 6.68. The molecule has 2 heterocycles. The van der Waals surface area contributed by atoms with E-state index in [0.717, 1.165) is 12.8 Å². The van der Waals surface area contributed by atoms with E-state index < -0.39 is 17.7 Å². The highest BCUT2D eigenvalue weighted by Crippen LogP contribution is 2.38. The van der Waals surface area contributed by atoms with Crippen molar-refractivity contribution in [3.05, 3.63) is 0 Å². The van der Waals surface area contributed by atoms with Crippen molar-refractivity contribution >= 4 is 29.7 Å². The number of carbonyl (C=O) groups excluding carboxylic acids is 3. The van der Waals surface area contributed by atoms with Gasteiger partial charge in [-0.15, -0.1) is 11.8 Å². The van der Waals surface area contributed by atoms with Crippen LogP contribution < -0.4 is 16.4 Å². The fourth-order valence-corrected chi connectivity index (χ4v) is 4.88. The number of nitrogens with zero attached hydrogens (tertiary/aromatic N) is 1. The summed E-state index contributed by atoms with van der Waals surface area (Å²) in [6.07, 6.45) is 1.11. The summed E-state index contributed by atoms with van der Waals surface area (Å²) in [5, 5.41) is 6.04. The van der Waals surface area contributed by atoms with Gasteiger partial charge in [0.15, 0.2) is 0 Å². The van der Waals surface area contributed by atoms with Gasteiger partial charge in [0.1, 0.15) is 11.6 Å². The molecule has 0 saturated carbocycles. The lowest BCUT2D eigenvalue weighted by Gasteiger charge is -2.41. The summed E-state index contributed by atoms with van der Waals surface area (Å²) >= 11 is 1.65. The predicted octanol–water partition coefficient (Wildman–Crippen LogP) is 1.04. The Morgan fingerprint density at radius 1 is 1.33 bits per heavy atom. The number of likely N-dealkylation sites (tertiary alicyclic amines) is 1. The van der Waals surface area contributed by atoms with Crippen LogP contribution in [0, 0.1) is 5.92 Å². The highest BCUT2D eigenvalue weighted by molar-refractivity contribution is 8.01. The first-order valence-electron chi connectivity index (χ1n) is 9.42. The van der Waals surface area contributed by atoms with Gasteiger partial charge in [-0.25, -0.2) is 4.79 Å². The average molecular weight is 401 g/mol. The van der Waals surface area contributed by atoms with Gasteiger partial charge in [-0.1, -0.05) is 13.8 Å². The molecule has 0 aromatic carbocycles. The third-order valence-electron chi connectivity index (χ3n) is 4.68. The van der Waals surface area contributed by atoms with E-state index in [2.05, 4.69) is 10.6 Å². The van der Waals surface area contributed by atoms with E-state index in [9.17, 15) is 14.4 Å². The first kappa shape index (κ1) is 21.8. The summed E-state index contributed by atoms with van der Waals surface area (Å²) in [6.45, 7) is 10.3. The van der Waals surface area contributed by atoms with Crippen LogP contribution in [0.5, 0.6) is 0 Å². The fraction of sp³-hybridized carbons (Fsp3) is 0.833. The van der Waals surface area contributed by atoms with Crippen LogP contribution in [-0.2, 0) is 14.3 Å². The third kappa shape index (κ3) is 5.75. The van der Waals surface area contributed by atoms with Gasteiger partial charge in [0, 0.05) is 18.8 Å². The van der Waals surface area contributed by atoms with Gasteiger partial charge in [-0.05, 0) is 39.5 Å². The van der Waals surface area contributed by atoms with Crippen LogP contribution in [-0.4, -0.2) is 64.2 Å². The molecule has 4 N–H and O–H groups in total. The van der Waals surface area contributed by atoms with Gasteiger partial charge in [-0.2, -0.15) is 0 Å². The second kappa shape index (κ2) is 8.26. The average Bonchev–Trinajstić information content (AvgIpc) is 2.94. The summed E-state index contributed by atoms with van der Waals surface area (Å²) in [5.74, 6) is 0.0426. The molecule has 2 aliphatic heterocycles. The molecule has 154 valence electrons. The Balaban J connectivity index is 2.05. The number of ether oxygens (including phenoxy) is 1. The van der Waals surface area contributed by atoms with Crippen LogP contribution in [0.25, 0.3) is 0 Å². The molecule has 0 aromatic rings. The van der Waals surface area contributed by atoms with E-state index in [1.807, 2.05) is 13.8 Å². The van der Waals surface area contributed by atoms with Crippen molar-refractivity contribution < 1.29 is 19.1 Å². The van der Waals surface area contributed by atoms with Crippen molar-refractivity contribution in [3.8, 4) is 0 Å².